The van der Waals surface area contributed by atoms with Crippen LogP contribution >= 0.6 is 0 Å². The van der Waals surface area contributed by atoms with Gasteiger partial charge in [-0.25, -0.2) is 13.2 Å². The number of aryl methyl sites for hydroxylation is 2. The smallest absolute Gasteiger partial charge is 0.408 e. The zero-order chi connectivity index (χ0) is 23.7. The van der Waals surface area contributed by atoms with Gasteiger partial charge in [0.05, 0.1) is 4.90 Å². The molecule has 0 aliphatic carbocycles. The van der Waals surface area contributed by atoms with E-state index in [4.69, 9.17) is 4.74 Å². The molecule has 174 valence electrons. The molecule has 0 aromatic heterocycles. The molecule has 2 rings (SSSR count). The van der Waals surface area contributed by atoms with E-state index in [0.717, 1.165) is 22.3 Å². The first-order valence-corrected chi connectivity index (χ1v) is 11.9. The Morgan fingerprint density at radius 1 is 1.00 bits per heavy atom. The first kappa shape index (κ1) is 25.1. The van der Waals surface area contributed by atoms with Crippen molar-refractivity contribution in [2.75, 3.05) is 26.2 Å². The molecule has 0 radical (unpaired) electrons. The molecule has 8 nitrogen and oxygen atoms in total. The number of alkyl carbamates (subject to hydrolysis) is 1. The molecular formula is C22H35N3O5S. The van der Waals surface area contributed by atoms with Crippen molar-refractivity contribution in [3.05, 3.63) is 28.3 Å². The third-order valence-electron chi connectivity index (χ3n) is 5.55. The maximum absolute atomic E-state index is 13.4. The number of ether oxygens (including phenoxy) is 1. The summed E-state index contributed by atoms with van der Waals surface area (Å²) in [5.74, 6) is -0.262. The van der Waals surface area contributed by atoms with Crippen molar-refractivity contribution in [1.82, 2.24) is 14.5 Å². The minimum Gasteiger partial charge on any atom is -0.444 e. The van der Waals surface area contributed by atoms with Gasteiger partial charge in [-0.1, -0.05) is 6.07 Å². The van der Waals surface area contributed by atoms with E-state index < -0.39 is 27.8 Å². The number of nitrogens with zero attached hydrogens (tertiary/aromatic N) is 2. The largest absolute Gasteiger partial charge is 0.444 e. The molecule has 0 bridgehead atoms. The Morgan fingerprint density at radius 2 is 1.48 bits per heavy atom. The van der Waals surface area contributed by atoms with E-state index in [2.05, 4.69) is 5.32 Å². The van der Waals surface area contributed by atoms with Crippen LogP contribution in [0.5, 0.6) is 0 Å². The summed E-state index contributed by atoms with van der Waals surface area (Å²) in [6.07, 6.45) is -0.657. The van der Waals surface area contributed by atoms with Crippen LogP contribution < -0.4 is 5.32 Å². The van der Waals surface area contributed by atoms with Crippen LogP contribution in [-0.4, -0.2) is 67.4 Å². The highest BCUT2D eigenvalue weighted by molar-refractivity contribution is 7.89. The molecule has 1 fully saturated rings. The lowest BCUT2D eigenvalue weighted by Crippen LogP contribution is -2.55. The maximum atomic E-state index is 13.4. The molecule has 2 amide bonds. The number of carbonyl (C=O) groups excluding carboxylic acids is 2. The lowest BCUT2D eigenvalue weighted by molar-refractivity contribution is -0.134. The molecule has 31 heavy (non-hydrogen) atoms. The average molecular weight is 454 g/mol. The molecule has 1 unspecified atom stereocenters. The van der Waals surface area contributed by atoms with E-state index in [1.54, 1.807) is 32.6 Å². The predicted octanol–water partition coefficient (Wildman–Crippen LogP) is 2.67. The Morgan fingerprint density at radius 3 is 1.94 bits per heavy atom. The normalized spacial score (nSPS) is 16.7. The van der Waals surface area contributed by atoms with Gasteiger partial charge < -0.3 is 15.0 Å². The second-order valence-electron chi connectivity index (χ2n) is 9.19. The molecule has 1 aliphatic rings. The van der Waals surface area contributed by atoms with Crippen LogP contribution in [0.2, 0.25) is 0 Å². The molecule has 1 N–H and O–H groups in total. The molecule has 0 spiro atoms. The monoisotopic (exact) mass is 453 g/mol. The third-order valence-corrected chi connectivity index (χ3v) is 7.72. The van der Waals surface area contributed by atoms with Crippen LogP contribution in [-0.2, 0) is 19.6 Å². The van der Waals surface area contributed by atoms with Crippen LogP contribution in [0.25, 0.3) is 0 Å². The van der Waals surface area contributed by atoms with Crippen molar-refractivity contribution < 1.29 is 22.7 Å². The lowest BCUT2D eigenvalue weighted by atomic mass is 10.0. The van der Waals surface area contributed by atoms with E-state index in [-0.39, 0.29) is 32.1 Å². The minimum absolute atomic E-state index is 0.207. The van der Waals surface area contributed by atoms with Crippen molar-refractivity contribution in [1.29, 1.82) is 0 Å². The van der Waals surface area contributed by atoms with E-state index in [1.807, 2.05) is 33.8 Å². The number of piperazine rings is 1. The summed E-state index contributed by atoms with van der Waals surface area (Å²) in [6.45, 7) is 15.3. The SMILES string of the molecule is Cc1cc(C)c(C)c(S(=O)(=O)N2CCN(C(=O)C(C)NC(=O)OC(C)(C)C)CC2)c1C. The van der Waals surface area contributed by atoms with Gasteiger partial charge in [-0.3, -0.25) is 4.79 Å². The van der Waals surface area contributed by atoms with E-state index in [0.29, 0.717) is 4.90 Å². The Hall–Kier alpha value is -2.13. The van der Waals surface area contributed by atoms with Crippen LogP contribution in [0.4, 0.5) is 4.79 Å². The van der Waals surface area contributed by atoms with Crippen molar-refractivity contribution in [2.45, 2.75) is 71.9 Å². The summed E-state index contributed by atoms with van der Waals surface area (Å²) in [6, 6.07) is 1.24. The molecular weight excluding hydrogens is 418 g/mol. The molecule has 0 saturated carbocycles. The molecule has 1 aliphatic heterocycles. The van der Waals surface area contributed by atoms with Crippen LogP contribution in [0.1, 0.15) is 49.9 Å². The number of hydrogen-bond donors (Lipinski definition) is 1. The average Bonchev–Trinajstić information content (AvgIpc) is 2.64. The van der Waals surface area contributed by atoms with Gasteiger partial charge in [0.15, 0.2) is 0 Å². The zero-order valence-electron chi connectivity index (χ0n) is 19.8. The minimum atomic E-state index is -3.67. The summed E-state index contributed by atoms with van der Waals surface area (Å²) < 4.78 is 33.4. The highest BCUT2D eigenvalue weighted by Crippen LogP contribution is 2.29. The summed E-state index contributed by atoms with van der Waals surface area (Å²) >= 11 is 0. The van der Waals surface area contributed by atoms with Gasteiger partial charge in [0.2, 0.25) is 15.9 Å². The Kier molecular flexibility index (Phi) is 7.43. The van der Waals surface area contributed by atoms with Gasteiger partial charge in [0.1, 0.15) is 11.6 Å². The van der Waals surface area contributed by atoms with E-state index in [1.165, 1.54) is 4.31 Å². The third kappa shape index (κ3) is 5.77. The fourth-order valence-electron chi connectivity index (χ4n) is 3.67. The standard InChI is InChI=1S/C22H35N3O5S/c1-14-13-15(2)17(4)19(16(14)3)31(28,29)25-11-9-24(10-12-25)20(26)18(5)23-21(27)30-22(6,7)8/h13,18H,9-12H2,1-8H3,(H,23,27). The predicted molar refractivity (Wildman–Crippen MR) is 120 cm³/mol. The lowest BCUT2D eigenvalue weighted by Gasteiger charge is -2.36. The second kappa shape index (κ2) is 9.16. The molecule has 1 aromatic rings. The van der Waals surface area contributed by atoms with Crippen molar-refractivity contribution >= 4 is 22.0 Å². The number of nitrogens with one attached hydrogen (secondary N) is 1. The number of hydrogen-bond acceptors (Lipinski definition) is 5. The molecule has 1 heterocycles. The Balaban J connectivity index is 2.07. The number of sulfonamides is 1. The van der Waals surface area contributed by atoms with Crippen LogP contribution in [0, 0.1) is 27.7 Å². The van der Waals surface area contributed by atoms with Crippen molar-refractivity contribution in [2.24, 2.45) is 0 Å². The zero-order valence-corrected chi connectivity index (χ0v) is 20.6. The van der Waals surface area contributed by atoms with Gasteiger partial charge in [-0.15, -0.1) is 0 Å². The maximum Gasteiger partial charge on any atom is 0.408 e. The first-order valence-electron chi connectivity index (χ1n) is 10.5. The summed E-state index contributed by atoms with van der Waals surface area (Å²) in [7, 11) is -3.67. The van der Waals surface area contributed by atoms with Crippen molar-refractivity contribution in [3.63, 3.8) is 0 Å². The summed E-state index contributed by atoms with van der Waals surface area (Å²) in [5.41, 5.74) is 2.75. The van der Waals surface area contributed by atoms with Gasteiger partial charge in [-0.05, 0) is 77.6 Å². The number of amides is 2. The topological polar surface area (TPSA) is 96.0 Å². The molecule has 1 saturated heterocycles. The van der Waals surface area contributed by atoms with Gasteiger partial charge in [0, 0.05) is 26.2 Å². The fraction of sp³-hybridized carbons (Fsp3) is 0.636. The Bertz CT molecular complexity index is 932. The highest BCUT2D eigenvalue weighted by atomic mass is 32.2. The molecule has 1 atom stereocenters. The van der Waals surface area contributed by atoms with Crippen LogP contribution in [0.3, 0.4) is 0 Å². The number of rotatable bonds is 4. The second-order valence-corrected chi connectivity index (χ2v) is 11.1. The molecule has 9 heteroatoms. The number of benzene rings is 1. The van der Waals surface area contributed by atoms with Crippen molar-refractivity contribution in [3.8, 4) is 0 Å². The fourth-order valence-corrected chi connectivity index (χ4v) is 5.66. The first-order chi connectivity index (χ1) is 14.1. The Labute approximate surface area is 186 Å². The van der Waals surface area contributed by atoms with E-state index in [9.17, 15) is 18.0 Å². The summed E-state index contributed by atoms with van der Waals surface area (Å²) in [4.78, 5) is 26.6. The summed E-state index contributed by atoms with van der Waals surface area (Å²) in [5, 5.41) is 2.54. The number of carbonyl (C=O) groups is 2. The van der Waals surface area contributed by atoms with Crippen LogP contribution in [0.15, 0.2) is 11.0 Å². The molecule has 1 aromatic carbocycles. The van der Waals surface area contributed by atoms with E-state index >= 15 is 0 Å². The highest BCUT2D eigenvalue weighted by Gasteiger charge is 2.34. The van der Waals surface area contributed by atoms with Gasteiger partial charge in [0.25, 0.3) is 0 Å². The quantitative estimate of drug-likeness (QED) is 0.756. The van der Waals surface area contributed by atoms with Gasteiger partial charge >= 0.3 is 6.09 Å². The van der Waals surface area contributed by atoms with Gasteiger partial charge in [-0.2, -0.15) is 4.31 Å².